The van der Waals surface area contributed by atoms with Crippen molar-refractivity contribution in [2.75, 3.05) is 6.54 Å². The SMILES string of the molecule is C=CCNC(=O)c1ccc(-c2ccccc2)nc1. The van der Waals surface area contributed by atoms with E-state index in [0.717, 1.165) is 11.3 Å². The van der Waals surface area contributed by atoms with Crippen LogP contribution in [0.2, 0.25) is 0 Å². The van der Waals surface area contributed by atoms with Gasteiger partial charge in [-0.05, 0) is 12.1 Å². The molecule has 1 heterocycles. The first kappa shape index (κ1) is 12.0. The summed E-state index contributed by atoms with van der Waals surface area (Å²) < 4.78 is 0. The van der Waals surface area contributed by atoms with E-state index < -0.39 is 0 Å². The molecule has 0 spiro atoms. The van der Waals surface area contributed by atoms with Crippen molar-refractivity contribution < 1.29 is 4.79 Å². The van der Waals surface area contributed by atoms with Gasteiger partial charge in [0.15, 0.2) is 0 Å². The first-order valence-corrected chi connectivity index (χ1v) is 5.72. The molecule has 0 saturated carbocycles. The number of benzene rings is 1. The van der Waals surface area contributed by atoms with E-state index in [1.807, 2.05) is 36.4 Å². The number of carbonyl (C=O) groups is 1. The van der Waals surface area contributed by atoms with Gasteiger partial charge in [0.2, 0.25) is 0 Å². The molecule has 3 nitrogen and oxygen atoms in total. The van der Waals surface area contributed by atoms with E-state index in [1.54, 1.807) is 18.3 Å². The summed E-state index contributed by atoms with van der Waals surface area (Å²) in [6, 6.07) is 13.5. The van der Waals surface area contributed by atoms with Crippen molar-refractivity contribution in [3.63, 3.8) is 0 Å². The highest BCUT2D eigenvalue weighted by Gasteiger charge is 2.05. The van der Waals surface area contributed by atoms with Gasteiger partial charge in [0, 0.05) is 18.3 Å². The van der Waals surface area contributed by atoms with Gasteiger partial charge in [0.1, 0.15) is 0 Å². The lowest BCUT2D eigenvalue weighted by molar-refractivity contribution is 0.0957. The fourth-order valence-corrected chi connectivity index (χ4v) is 1.57. The van der Waals surface area contributed by atoms with Gasteiger partial charge >= 0.3 is 0 Å². The first-order valence-electron chi connectivity index (χ1n) is 5.72. The standard InChI is InChI=1S/C15H14N2O/c1-2-10-16-15(18)13-8-9-14(17-11-13)12-6-4-3-5-7-12/h2-9,11H,1,10H2,(H,16,18). The van der Waals surface area contributed by atoms with E-state index in [2.05, 4.69) is 16.9 Å². The maximum Gasteiger partial charge on any atom is 0.253 e. The lowest BCUT2D eigenvalue weighted by Gasteiger charge is -2.04. The number of pyridine rings is 1. The van der Waals surface area contributed by atoms with Gasteiger partial charge in [0.25, 0.3) is 5.91 Å². The highest BCUT2D eigenvalue weighted by atomic mass is 16.1. The van der Waals surface area contributed by atoms with E-state index in [9.17, 15) is 4.79 Å². The summed E-state index contributed by atoms with van der Waals surface area (Å²) in [5.74, 6) is -0.137. The molecule has 3 heteroatoms. The minimum absolute atomic E-state index is 0.137. The molecule has 0 fully saturated rings. The van der Waals surface area contributed by atoms with Gasteiger partial charge in [-0.3, -0.25) is 9.78 Å². The van der Waals surface area contributed by atoms with Gasteiger partial charge in [-0.1, -0.05) is 36.4 Å². The monoisotopic (exact) mass is 238 g/mol. The topological polar surface area (TPSA) is 42.0 Å². The molecule has 1 N–H and O–H groups in total. The Morgan fingerprint density at radius 1 is 1.22 bits per heavy atom. The highest BCUT2D eigenvalue weighted by Crippen LogP contribution is 2.15. The molecule has 1 aromatic heterocycles. The average molecular weight is 238 g/mol. The van der Waals surface area contributed by atoms with Crippen LogP contribution in [-0.2, 0) is 0 Å². The van der Waals surface area contributed by atoms with Gasteiger partial charge in [-0.2, -0.15) is 0 Å². The van der Waals surface area contributed by atoms with Crippen LogP contribution in [0.3, 0.4) is 0 Å². The summed E-state index contributed by atoms with van der Waals surface area (Å²) in [5.41, 5.74) is 2.45. The molecule has 90 valence electrons. The zero-order valence-electron chi connectivity index (χ0n) is 9.97. The number of hydrogen-bond acceptors (Lipinski definition) is 2. The summed E-state index contributed by atoms with van der Waals surface area (Å²) >= 11 is 0. The summed E-state index contributed by atoms with van der Waals surface area (Å²) in [6.07, 6.45) is 3.23. The molecule has 0 aliphatic rings. The largest absolute Gasteiger partial charge is 0.349 e. The molecule has 2 rings (SSSR count). The van der Waals surface area contributed by atoms with E-state index in [4.69, 9.17) is 0 Å². The van der Waals surface area contributed by atoms with Crippen molar-refractivity contribution >= 4 is 5.91 Å². The molecule has 0 saturated heterocycles. The number of nitrogens with one attached hydrogen (secondary N) is 1. The fourth-order valence-electron chi connectivity index (χ4n) is 1.57. The normalized spacial score (nSPS) is 9.78. The predicted molar refractivity (Wildman–Crippen MR) is 72.2 cm³/mol. The van der Waals surface area contributed by atoms with Crippen molar-refractivity contribution in [3.8, 4) is 11.3 Å². The molecule has 18 heavy (non-hydrogen) atoms. The molecule has 0 unspecified atom stereocenters. The molecular formula is C15H14N2O. The summed E-state index contributed by atoms with van der Waals surface area (Å²) in [7, 11) is 0. The van der Waals surface area contributed by atoms with Crippen LogP contribution in [0.15, 0.2) is 61.3 Å². The third-order valence-corrected chi connectivity index (χ3v) is 2.50. The third-order valence-electron chi connectivity index (χ3n) is 2.50. The Hall–Kier alpha value is -2.42. The van der Waals surface area contributed by atoms with E-state index in [-0.39, 0.29) is 5.91 Å². The van der Waals surface area contributed by atoms with Crippen molar-refractivity contribution in [2.45, 2.75) is 0 Å². The van der Waals surface area contributed by atoms with Crippen LogP contribution in [0.25, 0.3) is 11.3 Å². The second-order valence-corrected chi connectivity index (χ2v) is 3.80. The lowest BCUT2D eigenvalue weighted by atomic mass is 10.1. The second kappa shape index (κ2) is 5.77. The fraction of sp³-hybridized carbons (Fsp3) is 0.0667. The quantitative estimate of drug-likeness (QED) is 0.832. The Morgan fingerprint density at radius 2 is 2.00 bits per heavy atom. The van der Waals surface area contributed by atoms with E-state index in [1.165, 1.54) is 0 Å². The van der Waals surface area contributed by atoms with Gasteiger partial charge in [-0.15, -0.1) is 6.58 Å². The van der Waals surface area contributed by atoms with Crippen LogP contribution >= 0.6 is 0 Å². The Labute approximate surface area is 106 Å². The average Bonchev–Trinajstić information content (AvgIpc) is 2.46. The molecule has 0 atom stereocenters. The van der Waals surface area contributed by atoms with Crippen LogP contribution < -0.4 is 5.32 Å². The number of amides is 1. The zero-order valence-corrected chi connectivity index (χ0v) is 9.97. The summed E-state index contributed by atoms with van der Waals surface area (Å²) in [4.78, 5) is 15.9. The predicted octanol–water partition coefficient (Wildman–Crippen LogP) is 2.66. The van der Waals surface area contributed by atoms with Gasteiger partial charge in [-0.25, -0.2) is 0 Å². The molecule has 0 aliphatic heterocycles. The number of aromatic nitrogens is 1. The number of nitrogens with zero attached hydrogens (tertiary/aromatic N) is 1. The maximum atomic E-state index is 11.7. The molecular weight excluding hydrogens is 224 g/mol. The summed E-state index contributed by atoms with van der Waals surface area (Å²) in [5, 5.41) is 2.71. The smallest absolute Gasteiger partial charge is 0.253 e. The van der Waals surface area contributed by atoms with Gasteiger partial charge in [0.05, 0.1) is 11.3 Å². The lowest BCUT2D eigenvalue weighted by Crippen LogP contribution is -2.23. The summed E-state index contributed by atoms with van der Waals surface area (Å²) in [6.45, 7) is 4.01. The van der Waals surface area contributed by atoms with Crippen LogP contribution in [0.1, 0.15) is 10.4 Å². The molecule has 0 bridgehead atoms. The maximum absolute atomic E-state index is 11.7. The highest BCUT2D eigenvalue weighted by molar-refractivity contribution is 5.94. The van der Waals surface area contributed by atoms with Crippen molar-refractivity contribution in [1.29, 1.82) is 0 Å². The Kier molecular flexibility index (Phi) is 3.86. The van der Waals surface area contributed by atoms with Crippen LogP contribution in [-0.4, -0.2) is 17.4 Å². The molecule has 1 aromatic carbocycles. The van der Waals surface area contributed by atoms with Crippen LogP contribution in [0.5, 0.6) is 0 Å². The molecule has 2 aromatic rings. The van der Waals surface area contributed by atoms with Crippen LogP contribution in [0, 0.1) is 0 Å². The second-order valence-electron chi connectivity index (χ2n) is 3.80. The van der Waals surface area contributed by atoms with Crippen LogP contribution in [0.4, 0.5) is 0 Å². The van der Waals surface area contributed by atoms with E-state index in [0.29, 0.717) is 12.1 Å². The first-order chi connectivity index (χ1) is 8.81. The minimum atomic E-state index is -0.137. The molecule has 0 radical (unpaired) electrons. The Morgan fingerprint density at radius 3 is 2.61 bits per heavy atom. The zero-order chi connectivity index (χ0) is 12.8. The molecule has 1 amide bonds. The van der Waals surface area contributed by atoms with Gasteiger partial charge < -0.3 is 5.32 Å². The van der Waals surface area contributed by atoms with Crippen molar-refractivity contribution in [2.24, 2.45) is 0 Å². The molecule has 0 aliphatic carbocycles. The number of hydrogen-bond donors (Lipinski definition) is 1. The third kappa shape index (κ3) is 2.83. The Balaban J connectivity index is 2.15. The Bertz CT molecular complexity index is 532. The number of rotatable bonds is 4. The van der Waals surface area contributed by atoms with E-state index >= 15 is 0 Å². The van der Waals surface area contributed by atoms with Crippen molar-refractivity contribution in [3.05, 3.63) is 66.9 Å². The number of carbonyl (C=O) groups excluding carboxylic acids is 1. The van der Waals surface area contributed by atoms with Crippen molar-refractivity contribution in [1.82, 2.24) is 10.3 Å². The minimum Gasteiger partial charge on any atom is -0.349 e.